The summed E-state index contributed by atoms with van der Waals surface area (Å²) in [5.74, 6) is -0.530. The highest BCUT2D eigenvalue weighted by Gasteiger charge is 2.24. The van der Waals surface area contributed by atoms with Gasteiger partial charge in [-0.1, -0.05) is 12.1 Å². The van der Waals surface area contributed by atoms with Crippen LogP contribution in [0.25, 0.3) is 0 Å². The van der Waals surface area contributed by atoms with E-state index in [9.17, 15) is 14.4 Å². The Balaban J connectivity index is 1.97. The quantitative estimate of drug-likeness (QED) is 0.806. The van der Waals surface area contributed by atoms with Crippen LogP contribution >= 0.6 is 11.8 Å². The molecule has 1 aromatic carbocycles. The molecule has 0 radical (unpaired) electrons. The standard InChI is InChI=1S/C13H15N3O3S/c14-11(17)7-15-12(18)5-6-16-9-3-1-2-4-10(9)20-8-13(16)19/h1-4H,5-8H2,(H2,14,17)(H,15,18). The predicted octanol–water partition coefficient (Wildman–Crippen LogP) is 0.117. The van der Waals surface area contributed by atoms with E-state index in [0.29, 0.717) is 12.3 Å². The Morgan fingerprint density at radius 1 is 1.35 bits per heavy atom. The number of rotatable bonds is 5. The summed E-state index contributed by atoms with van der Waals surface area (Å²) in [5.41, 5.74) is 5.77. The highest BCUT2D eigenvalue weighted by molar-refractivity contribution is 8.00. The van der Waals surface area contributed by atoms with Crippen LogP contribution in [0.15, 0.2) is 29.2 Å². The monoisotopic (exact) mass is 293 g/mol. The zero-order valence-corrected chi connectivity index (χ0v) is 11.6. The van der Waals surface area contributed by atoms with Crippen LogP contribution in [0.1, 0.15) is 6.42 Å². The van der Waals surface area contributed by atoms with Crippen molar-refractivity contribution in [2.45, 2.75) is 11.3 Å². The molecular weight excluding hydrogens is 278 g/mol. The van der Waals surface area contributed by atoms with Gasteiger partial charge in [0.1, 0.15) is 0 Å². The molecule has 0 fully saturated rings. The number of nitrogens with zero attached hydrogens (tertiary/aromatic N) is 1. The van der Waals surface area contributed by atoms with Gasteiger partial charge in [0.25, 0.3) is 0 Å². The number of thioether (sulfide) groups is 1. The number of carbonyl (C=O) groups is 3. The maximum Gasteiger partial charge on any atom is 0.237 e. The van der Waals surface area contributed by atoms with Gasteiger partial charge in [-0.15, -0.1) is 11.8 Å². The molecule has 106 valence electrons. The molecule has 1 aliphatic rings. The van der Waals surface area contributed by atoms with Gasteiger partial charge in [0.2, 0.25) is 17.7 Å². The first-order valence-corrected chi connectivity index (χ1v) is 7.13. The van der Waals surface area contributed by atoms with Crippen molar-refractivity contribution in [3.63, 3.8) is 0 Å². The average molecular weight is 293 g/mol. The van der Waals surface area contributed by atoms with Crippen molar-refractivity contribution in [3.8, 4) is 0 Å². The molecule has 20 heavy (non-hydrogen) atoms. The third-order valence-corrected chi connectivity index (χ3v) is 3.88. The lowest BCUT2D eigenvalue weighted by atomic mass is 10.2. The summed E-state index contributed by atoms with van der Waals surface area (Å²) in [6, 6.07) is 7.59. The van der Waals surface area contributed by atoms with Crippen molar-refractivity contribution in [1.29, 1.82) is 0 Å². The molecule has 0 bridgehead atoms. The van der Waals surface area contributed by atoms with Crippen molar-refractivity contribution >= 4 is 35.2 Å². The molecule has 1 aliphatic heterocycles. The summed E-state index contributed by atoms with van der Waals surface area (Å²) in [5, 5.41) is 2.40. The van der Waals surface area contributed by atoms with Gasteiger partial charge in [0.15, 0.2) is 0 Å². The van der Waals surface area contributed by atoms with Crippen LogP contribution in [0, 0.1) is 0 Å². The Labute approximate surface area is 120 Å². The highest BCUT2D eigenvalue weighted by Crippen LogP contribution is 2.34. The van der Waals surface area contributed by atoms with E-state index < -0.39 is 5.91 Å². The predicted molar refractivity (Wildman–Crippen MR) is 76.3 cm³/mol. The minimum absolute atomic E-state index is 0.0172. The maximum atomic E-state index is 11.9. The number of nitrogens with one attached hydrogen (secondary N) is 1. The fourth-order valence-electron chi connectivity index (χ4n) is 1.89. The Hall–Kier alpha value is -2.02. The van der Waals surface area contributed by atoms with E-state index >= 15 is 0 Å². The van der Waals surface area contributed by atoms with Crippen LogP contribution in [0.4, 0.5) is 5.69 Å². The minimum Gasteiger partial charge on any atom is -0.368 e. The first kappa shape index (κ1) is 14.4. The van der Waals surface area contributed by atoms with Gasteiger partial charge in [-0.25, -0.2) is 0 Å². The largest absolute Gasteiger partial charge is 0.368 e. The first-order chi connectivity index (χ1) is 9.58. The maximum absolute atomic E-state index is 11.9. The van der Waals surface area contributed by atoms with Gasteiger partial charge >= 0.3 is 0 Å². The number of hydrogen-bond donors (Lipinski definition) is 2. The molecule has 0 saturated carbocycles. The summed E-state index contributed by atoms with van der Waals surface area (Å²) in [7, 11) is 0. The molecule has 7 heteroatoms. The van der Waals surface area contributed by atoms with Crippen LogP contribution < -0.4 is 16.0 Å². The van der Waals surface area contributed by atoms with E-state index in [1.165, 1.54) is 11.8 Å². The minimum atomic E-state index is -0.589. The zero-order chi connectivity index (χ0) is 14.5. The summed E-state index contributed by atoms with van der Waals surface area (Å²) in [4.78, 5) is 36.7. The molecule has 2 rings (SSSR count). The number of hydrogen-bond acceptors (Lipinski definition) is 4. The van der Waals surface area contributed by atoms with E-state index in [1.54, 1.807) is 4.90 Å². The molecule has 0 atom stereocenters. The van der Waals surface area contributed by atoms with Crippen LogP contribution in [0.5, 0.6) is 0 Å². The molecule has 0 unspecified atom stereocenters. The SMILES string of the molecule is NC(=O)CNC(=O)CCN1C(=O)CSc2ccccc21. The molecule has 0 spiro atoms. The lowest BCUT2D eigenvalue weighted by Crippen LogP contribution is -2.39. The fourth-order valence-corrected chi connectivity index (χ4v) is 2.82. The molecule has 6 nitrogen and oxygen atoms in total. The second-order valence-electron chi connectivity index (χ2n) is 4.29. The second-order valence-corrected chi connectivity index (χ2v) is 5.31. The van der Waals surface area contributed by atoms with Gasteiger partial charge in [-0.2, -0.15) is 0 Å². The molecular formula is C13H15N3O3S. The van der Waals surface area contributed by atoms with Crippen LogP contribution in [0.2, 0.25) is 0 Å². The number of benzene rings is 1. The molecule has 3 N–H and O–H groups in total. The number of nitrogens with two attached hydrogens (primary N) is 1. The number of carbonyl (C=O) groups excluding carboxylic acids is 3. The zero-order valence-electron chi connectivity index (χ0n) is 10.8. The van der Waals surface area contributed by atoms with E-state index in [4.69, 9.17) is 5.73 Å². The van der Waals surface area contributed by atoms with Crippen molar-refractivity contribution in [3.05, 3.63) is 24.3 Å². The summed E-state index contributed by atoms with van der Waals surface area (Å²) in [6.45, 7) is 0.111. The third-order valence-electron chi connectivity index (χ3n) is 2.83. The lowest BCUT2D eigenvalue weighted by Gasteiger charge is -2.28. The van der Waals surface area contributed by atoms with Gasteiger partial charge < -0.3 is 16.0 Å². The fraction of sp³-hybridized carbons (Fsp3) is 0.308. The average Bonchev–Trinajstić information content (AvgIpc) is 2.44. The topological polar surface area (TPSA) is 92.5 Å². The van der Waals surface area contributed by atoms with E-state index in [-0.39, 0.29) is 24.8 Å². The van der Waals surface area contributed by atoms with Gasteiger partial charge in [-0.3, -0.25) is 14.4 Å². The van der Waals surface area contributed by atoms with Gasteiger partial charge in [0, 0.05) is 17.9 Å². The van der Waals surface area contributed by atoms with Crippen molar-refractivity contribution in [2.75, 3.05) is 23.7 Å². The lowest BCUT2D eigenvalue weighted by molar-refractivity contribution is -0.124. The Kier molecular flexibility index (Phi) is 4.62. The highest BCUT2D eigenvalue weighted by atomic mass is 32.2. The summed E-state index contributed by atoms with van der Waals surface area (Å²) < 4.78 is 0. The number of fused-ring (bicyclic) bond motifs is 1. The number of anilines is 1. The van der Waals surface area contributed by atoms with Crippen LogP contribution in [0.3, 0.4) is 0 Å². The summed E-state index contributed by atoms with van der Waals surface area (Å²) in [6.07, 6.45) is 0.137. The van der Waals surface area contributed by atoms with Crippen LogP contribution in [-0.4, -0.2) is 36.6 Å². The number of amides is 3. The molecule has 0 aromatic heterocycles. The van der Waals surface area contributed by atoms with Gasteiger partial charge in [0.05, 0.1) is 18.0 Å². The van der Waals surface area contributed by atoms with Crippen molar-refractivity contribution in [1.82, 2.24) is 5.32 Å². The summed E-state index contributed by atoms with van der Waals surface area (Å²) >= 11 is 1.50. The molecule has 0 saturated heterocycles. The van der Waals surface area contributed by atoms with E-state index in [2.05, 4.69) is 5.32 Å². The van der Waals surface area contributed by atoms with Crippen molar-refractivity contribution < 1.29 is 14.4 Å². The molecule has 3 amide bonds. The van der Waals surface area contributed by atoms with E-state index in [1.807, 2.05) is 24.3 Å². The Bertz CT molecular complexity index is 547. The molecule has 1 heterocycles. The van der Waals surface area contributed by atoms with E-state index in [0.717, 1.165) is 10.6 Å². The molecule has 0 aliphatic carbocycles. The molecule has 1 aromatic rings. The second kappa shape index (κ2) is 6.42. The van der Waals surface area contributed by atoms with Crippen LogP contribution in [-0.2, 0) is 14.4 Å². The normalized spacial score (nSPS) is 13.8. The third kappa shape index (κ3) is 3.51. The first-order valence-electron chi connectivity index (χ1n) is 6.15. The smallest absolute Gasteiger partial charge is 0.237 e. The van der Waals surface area contributed by atoms with Gasteiger partial charge in [-0.05, 0) is 12.1 Å². The Morgan fingerprint density at radius 2 is 2.10 bits per heavy atom. The number of para-hydroxylation sites is 1. The Morgan fingerprint density at radius 3 is 2.85 bits per heavy atom. The van der Waals surface area contributed by atoms with Crippen molar-refractivity contribution in [2.24, 2.45) is 5.73 Å². The number of primary amides is 1.